The van der Waals surface area contributed by atoms with Gasteiger partial charge in [0.2, 0.25) is 12.7 Å². The highest BCUT2D eigenvalue weighted by Crippen LogP contribution is 2.33. The van der Waals surface area contributed by atoms with Gasteiger partial charge in [-0.1, -0.05) is 24.6 Å². The molecule has 32 heavy (non-hydrogen) atoms. The van der Waals surface area contributed by atoms with Crippen molar-refractivity contribution in [1.82, 2.24) is 10.2 Å². The Morgan fingerprint density at radius 2 is 1.91 bits per heavy atom. The Hall–Kier alpha value is -2.38. The summed E-state index contributed by atoms with van der Waals surface area (Å²) >= 11 is 1.59. The van der Waals surface area contributed by atoms with Gasteiger partial charge in [0.1, 0.15) is 5.75 Å². The molecule has 1 fully saturated rings. The van der Waals surface area contributed by atoms with Gasteiger partial charge >= 0.3 is 0 Å². The van der Waals surface area contributed by atoms with E-state index in [-0.39, 0.29) is 12.7 Å². The first-order valence-electron chi connectivity index (χ1n) is 11.4. The fourth-order valence-electron chi connectivity index (χ4n) is 3.94. The van der Waals surface area contributed by atoms with E-state index in [9.17, 15) is 4.79 Å². The Kier molecular flexibility index (Phi) is 8.56. The predicted octanol–water partition coefficient (Wildman–Crippen LogP) is 4.22. The van der Waals surface area contributed by atoms with E-state index in [2.05, 4.69) is 28.4 Å². The maximum Gasteiger partial charge on any atom is 0.231 e. The zero-order valence-corrected chi connectivity index (χ0v) is 19.3. The summed E-state index contributed by atoms with van der Waals surface area (Å²) in [7, 11) is 0. The Morgan fingerprint density at radius 1 is 1.03 bits per heavy atom. The summed E-state index contributed by atoms with van der Waals surface area (Å²) in [6.07, 6.45) is 4.75. The van der Waals surface area contributed by atoms with Gasteiger partial charge in [0.15, 0.2) is 11.5 Å². The lowest BCUT2D eigenvalue weighted by Gasteiger charge is -2.26. The van der Waals surface area contributed by atoms with Crippen LogP contribution in [0.15, 0.2) is 42.5 Å². The molecule has 0 bridgehead atoms. The van der Waals surface area contributed by atoms with E-state index in [1.165, 1.54) is 37.9 Å². The third-order valence-corrected chi connectivity index (χ3v) is 6.61. The molecule has 0 radical (unpaired) electrons. The van der Waals surface area contributed by atoms with Crippen molar-refractivity contribution in [2.75, 3.05) is 38.8 Å². The number of nitrogens with one attached hydrogen (secondary N) is 1. The topological polar surface area (TPSA) is 60.0 Å². The third kappa shape index (κ3) is 7.07. The summed E-state index contributed by atoms with van der Waals surface area (Å²) in [5.74, 6) is 3.73. The number of likely N-dealkylation sites (tertiary alicyclic amines) is 1. The molecule has 0 spiro atoms. The number of amides is 1. The van der Waals surface area contributed by atoms with Crippen LogP contribution in [0, 0.1) is 0 Å². The lowest BCUT2D eigenvalue weighted by molar-refractivity contribution is -0.118. The summed E-state index contributed by atoms with van der Waals surface area (Å²) in [4.78, 5) is 14.6. The number of piperidine rings is 1. The van der Waals surface area contributed by atoms with Crippen LogP contribution in [0.2, 0.25) is 0 Å². The van der Waals surface area contributed by atoms with E-state index in [1.54, 1.807) is 11.8 Å². The van der Waals surface area contributed by atoms with Gasteiger partial charge in [0, 0.05) is 18.8 Å². The van der Waals surface area contributed by atoms with Crippen molar-refractivity contribution in [1.29, 1.82) is 0 Å². The van der Waals surface area contributed by atoms with Crippen molar-refractivity contribution >= 4 is 17.7 Å². The second-order valence-electron chi connectivity index (χ2n) is 8.22. The maximum atomic E-state index is 12.1. The van der Waals surface area contributed by atoms with Gasteiger partial charge in [0.25, 0.3) is 0 Å². The summed E-state index contributed by atoms with van der Waals surface area (Å²) in [5.41, 5.74) is 2.43. The third-order valence-electron chi connectivity index (χ3n) is 5.60. The molecule has 2 aromatic rings. The summed E-state index contributed by atoms with van der Waals surface area (Å²) in [5, 5.41) is 2.97. The molecule has 2 heterocycles. The van der Waals surface area contributed by atoms with E-state index in [0.717, 1.165) is 41.5 Å². The molecule has 2 aliphatic heterocycles. The van der Waals surface area contributed by atoms with Crippen LogP contribution in [0.5, 0.6) is 17.2 Å². The van der Waals surface area contributed by atoms with Crippen LogP contribution in [-0.4, -0.2) is 49.6 Å². The average Bonchev–Trinajstić information content (AvgIpc) is 3.28. The molecule has 2 aromatic carbocycles. The van der Waals surface area contributed by atoms with Gasteiger partial charge in [-0.05, 0) is 67.7 Å². The Bertz CT molecular complexity index is 886. The van der Waals surface area contributed by atoms with Crippen LogP contribution in [0.3, 0.4) is 0 Å². The minimum absolute atomic E-state index is 0.0549. The van der Waals surface area contributed by atoms with Gasteiger partial charge < -0.3 is 19.5 Å². The Morgan fingerprint density at radius 3 is 2.81 bits per heavy atom. The number of fused-ring (bicyclic) bond motifs is 1. The highest BCUT2D eigenvalue weighted by atomic mass is 32.2. The SMILES string of the molecule is O=C(CSCc1ccc2c(c1)OCO2)NCCCOc1cccc(CN2CCCCC2)c1. The minimum Gasteiger partial charge on any atom is -0.494 e. The van der Waals surface area contributed by atoms with Crippen molar-refractivity contribution in [2.45, 2.75) is 38.0 Å². The molecule has 1 N–H and O–H groups in total. The number of benzene rings is 2. The van der Waals surface area contributed by atoms with E-state index in [0.29, 0.717) is 18.9 Å². The molecule has 1 saturated heterocycles. The number of carbonyl (C=O) groups is 1. The van der Waals surface area contributed by atoms with E-state index >= 15 is 0 Å². The van der Waals surface area contributed by atoms with Gasteiger partial charge in [0.05, 0.1) is 12.4 Å². The van der Waals surface area contributed by atoms with Gasteiger partial charge in [-0.3, -0.25) is 9.69 Å². The normalized spacial score (nSPS) is 15.5. The largest absolute Gasteiger partial charge is 0.494 e. The lowest BCUT2D eigenvalue weighted by Crippen LogP contribution is -2.29. The van der Waals surface area contributed by atoms with Crippen molar-refractivity contribution in [2.24, 2.45) is 0 Å². The van der Waals surface area contributed by atoms with Crippen molar-refractivity contribution in [3.8, 4) is 17.2 Å². The molecular formula is C25H32N2O4S. The number of carbonyl (C=O) groups excluding carboxylic acids is 1. The van der Waals surface area contributed by atoms with Crippen molar-refractivity contribution < 1.29 is 19.0 Å². The summed E-state index contributed by atoms with van der Waals surface area (Å²) in [6.45, 7) is 4.88. The van der Waals surface area contributed by atoms with Gasteiger partial charge in [-0.2, -0.15) is 0 Å². The quantitative estimate of drug-likeness (QED) is 0.511. The molecule has 0 atom stereocenters. The monoisotopic (exact) mass is 456 g/mol. The van der Waals surface area contributed by atoms with Crippen LogP contribution < -0.4 is 19.5 Å². The van der Waals surface area contributed by atoms with Crippen molar-refractivity contribution in [3.05, 3.63) is 53.6 Å². The standard InChI is InChI=1S/C25H32N2O4S/c28-25(18-32-17-21-8-9-23-24(15-21)31-19-30-23)26-10-5-13-29-22-7-4-6-20(14-22)16-27-11-2-1-3-12-27/h4,6-9,14-15H,1-3,5,10-13,16-19H2,(H,26,28). The maximum absolute atomic E-state index is 12.1. The molecule has 6 nitrogen and oxygen atoms in total. The highest BCUT2D eigenvalue weighted by molar-refractivity contribution is 7.99. The molecule has 0 aromatic heterocycles. The van der Waals surface area contributed by atoms with Gasteiger partial charge in [-0.25, -0.2) is 0 Å². The van der Waals surface area contributed by atoms with Crippen molar-refractivity contribution in [3.63, 3.8) is 0 Å². The lowest BCUT2D eigenvalue weighted by atomic mass is 10.1. The zero-order chi connectivity index (χ0) is 22.0. The number of thioether (sulfide) groups is 1. The highest BCUT2D eigenvalue weighted by Gasteiger charge is 2.13. The van der Waals surface area contributed by atoms with E-state index in [1.807, 2.05) is 24.3 Å². The number of rotatable bonds is 11. The average molecular weight is 457 g/mol. The second-order valence-corrected chi connectivity index (χ2v) is 9.20. The Labute approximate surface area is 194 Å². The molecule has 1 amide bonds. The zero-order valence-electron chi connectivity index (χ0n) is 18.5. The van der Waals surface area contributed by atoms with Crippen LogP contribution in [-0.2, 0) is 17.1 Å². The fraction of sp³-hybridized carbons (Fsp3) is 0.480. The van der Waals surface area contributed by atoms with Crippen LogP contribution in [0.25, 0.3) is 0 Å². The minimum atomic E-state index is 0.0549. The number of hydrogen-bond acceptors (Lipinski definition) is 6. The van der Waals surface area contributed by atoms with Gasteiger partial charge in [-0.15, -0.1) is 11.8 Å². The first kappa shape index (κ1) is 22.8. The van der Waals surface area contributed by atoms with Crippen LogP contribution in [0.1, 0.15) is 36.8 Å². The summed E-state index contributed by atoms with van der Waals surface area (Å²) in [6, 6.07) is 14.3. The van der Waals surface area contributed by atoms with E-state index < -0.39 is 0 Å². The molecule has 0 unspecified atom stereocenters. The first-order chi connectivity index (χ1) is 15.8. The Balaban J connectivity index is 1.07. The molecular weight excluding hydrogens is 424 g/mol. The van der Waals surface area contributed by atoms with Crippen LogP contribution in [0.4, 0.5) is 0 Å². The molecule has 0 aliphatic carbocycles. The number of hydrogen-bond donors (Lipinski definition) is 1. The second kappa shape index (κ2) is 12.0. The summed E-state index contributed by atoms with van der Waals surface area (Å²) < 4.78 is 16.6. The smallest absolute Gasteiger partial charge is 0.231 e. The molecule has 0 saturated carbocycles. The number of nitrogens with zero attached hydrogens (tertiary/aromatic N) is 1. The predicted molar refractivity (Wildman–Crippen MR) is 127 cm³/mol. The molecule has 4 rings (SSSR count). The molecule has 2 aliphatic rings. The fourth-order valence-corrected chi connectivity index (χ4v) is 4.75. The first-order valence-corrected chi connectivity index (χ1v) is 12.6. The molecule has 7 heteroatoms. The van der Waals surface area contributed by atoms with Crippen LogP contribution >= 0.6 is 11.8 Å². The number of ether oxygens (including phenoxy) is 3. The van der Waals surface area contributed by atoms with E-state index in [4.69, 9.17) is 14.2 Å². The molecule has 172 valence electrons.